The minimum absolute atomic E-state index is 0. The van der Waals surface area contributed by atoms with E-state index >= 15 is 0 Å². The fraction of sp³-hybridized carbons (Fsp3) is 0.364. The highest BCUT2D eigenvalue weighted by Crippen LogP contribution is 2.33. The Bertz CT molecular complexity index is 1080. The van der Waals surface area contributed by atoms with Crippen LogP contribution in [-0.2, 0) is 0 Å². The van der Waals surface area contributed by atoms with Crippen molar-refractivity contribution in [3.8, 4) is 11.5 Å². The van der Waals surface area contributed by atoms with Gasteiger partial charge in [-0.2, -0.15) is 0 Å². The number of carbonyl (C=O) groups excluding carboxylic acids is 1. The number of amides is 1. The number of benzene rings is 2. The van der Waals surface area contributed by atoms with Gasteiger partial charge in [-0.1, -0.05) is 11.3 Å². The molecule has 0 aliphatic heterocycles. The van der Waals surface area contributed by atoms with Gasteiger partial charge in [-0.25, -0.2) is 13.8 Å². The number of anilines is 1. The second kappa shape index (κ2) is 11.4. The van der Waals surface area contributed by atoms with Crippen LogP contribution in [0.4, 0.5) is 13.9 Å². The number of hydrogen-bond acceptors (Lipinski definition) is 6. The molecule has 2 aromatic carbocycles. The van der Waals surface area contributed by atoms with Crippen molar-refractivity contribution in [2.45, 2.75) is 13.8 Å². The van der Waals surface area contributed by atoms with E-state index < -0.39 is 11.6 Å². The van der Waals surface area contributed by atoms with Gasteiger partial charge in [0.2, 0.25) is 0 Å². The maximum atomic E-state index is 14.2. The van der Waals surface area contributed by atoms with Gasteiger partial charge < -0.3 is 14.4 Å². The van der Waals surface area contributed by atoms with Gasteiger partial charge in [-0.3, -0.25) is 9.69 Å². The summed E-state index contributed by atoms with van der Waals surface area (Å²) in [5, 5.41) is 0.304. The van der Waals surface area contributed by atoms with Gasteiger partial charge >= 0.3 is 0 Å². The van der Waals surface area contributed by atoms with E-state index in [4.69, 9.17) is 9.47 Å². The molecule has 1 heterocycles. The average molecular weight is 486 g/mol. The lowest BCUT2D eigenvalue weighted by Gasteiger charge is -2.22. The summed E-state index contributed by atoms with van der Waals surface area (Å²) in [7, 11) is 3.78. The third-order valence-corrected chi connectivity index (χ3v) is 5.46. The van der Waals surface area contributed by atoms with Crippen molar-refractivity contribution in [1.29, 1.82) is 0 Å². The number of carbonyl (C=O) groups is 1. The maximum Gasteiger partial charge on any atom is 0.260 e. The summed E-state index contributed by atoms with van der Waals surface area (Å²) in [4.78, 5) is 21.1. The number of aromatic nitrogens is 1. The molecule has 0 radical (unpaired) electrons. The number of likely N-dealkylation sites (N-methyl/N-ethyl adjacent to an activating group) is 1. The van der Waals surface area contributed by atoms with E-state index in [-0.39, 0.29) is 23.8 Å². The number of ether oxygens (including phenoxy) is 2. The van der Waals surface area contributed by atoms with Crippen LogP contribution in [0.15, 0.2) is 30.3 Å². The van der Waals surface area contributed by atoms with Crippen molar-refractivity contribution in [2.75, 3.05) is 45.3 Å². The Labute approximate surface area is 196 Å². The number of hydrogen-bond donors (Lipinski definition) is 0. The molecule has 1 aromatic heterocycles. The molecule has 1 amide bonds. The van der Waals surface area contributed by atoms with E-state index in [1.165, 1.54) is 11.0 Å². The Hall–Kier alpha value is -2.49. The van der Waals surface area contributed by atoms with Crippen LogP contribution in [0.2, 0.25) is 0 Å². The SMILES string of the molecule is CCOc1ccc(C(=O)N(CCN(C)C)c2nc3c(F)cc(F)cc3s2)cc1OCC.Cl. The van der Waals surface area contributed by atoms with Crippen LogP contribution in [0, 0.1) is 11.6 Å². The van der Waals surface area contributed by atoms with Crippen LogP contribution in [0.1, 0.15) is 24.2 Å². The molecule has 0 N–H and O–H groups in total. The third kappa shape index (κ3) is 5.85. The number of fused-ring (bicyclic) bond motifs is 1. The van der Waals surface area contributed by atoms with Crippen LogP contribution in [0.25, 0.3) is 10.2 Å². The largest absolute Gasteiger partial charge is 0.490 e. The summed E-state index contributed by atoms with van der Waals surface area (Å²) in [5.74, 6) is -0.722. The first-order chi connectivity index (χ1) is 14.8. The fourth-order valence-corrected chi connectivity index (χ4v) is 4.01. The highest BCUT2D eigenvalue weighted by Gasteiger charge is 2.24. The fourth-order valence-electron chi connectivity index (χ4n) is 2.98. The Morgan fingerprint density at radius 2 is 1.72 bits per heavy atom. The van der Waals surface area contributed by atoms with Crippen LogP contribution < -0.4 is 14.4 Å². The molecule has 32 heavy (non-hydrogen) atoms. The van der Waals surface area contributed by atoms with Gasteiger partial charge in [0.15, 0.2) is 22.4 Å². The maximum absolute atomic E-state index is 14.2. The molecule has 0 fully saturated rings. The second-order valence-electron chi connectivity index (χ2n) is 7.02. The van der Waals surface area contributed by atoms with Crippen molar-refractivity contribution in [3.63, 3.8) is 0 Å². The van der Waals surface area contributed by atoms with Crippen molar-refractivity contribution in [1.82, 2.24) is 9.88 Å². The average Bonchev–Trinajstić information content (AvgIpc) is 3.13. The molecule has 3 aromatic rings. The smallest absolute Gasteiger partial charge is 0.260 e. The summed E-state index contributed by atoms with van der Waals surface area (Å²) >= 11 is 1.07. The molecule has 0 unspecified atom stereocenters. The van der Waals surface area contributed by atoms with Crippen molar-refractivity contribution in [3.05, 3.63) is 47.5 Å². The van der Waals surface area contributed by atoms with E-state index in [0.717, 1.165) is 17.4 Å². The lowest BCUT2D eigenvalue weighted by molar-refractivity contribution is 0.0984. The van der Waals surface area contributed by atoms with Gasteiger partial charge in [0.25, 0.3) is 5.91 Å². The molecule has 0 saturated carbocycles. The summed E-state index contributed by atoms with van der Waals surface area (Å²) in [6.45, 7) is 5.50. The van der Waals surface area contributed by atoms with Crippen molar-refractivity contribution < 1.29 is 23.0 Å². The van der Waals surface area contributed by atoms with E-state index in [0.29, 0.717) is 53.2 Å². The number of halogens is 3. The Balaban J connectivity index is 0.00000363. The molecule has 0 aliphatic carbocycles. The monoisotopic (exact) mass is 485 g/mol. The molecule has 6 nitrogen and oxygen atoms in total. The van der Waals surface area contributed by atoms with Crippen molar-refractivity contribution >= 4 is 45.0 Å². The number of thiazole rings is 1. The van der Waals surface area contributed by atoms with E-state index in [1.54, 1.807) is 18.2 Å². The Morgan fingerprint density at radius 3 is 2.38 bits per heavy atom. The van der Waals surface area contributed by atoms with Crippen LogP contribution in [0.5, 0.6) is 11.5 Å². The van der Waals surface area contributed by atoms with Crippen molar-refractivity contribution in [2.24, 2.45) is 0 Å². The molecular weight excluding hydrogens is 460 g/mol. The topological polar surface area (TPSA) is 54.9 Å². The second-order valence-corrected chi connectivity index (χ2v) is 8.03. The molecule has 0 atom stereocenters. The highest BCUT2D eigenvalue weighted by atomic mass is 35.5. The summed E-state index contributed by atoms with van der Waals surface area (Å²) in [6.07, 6.45) is 0. The van der Waals surface area contributed by atoms with Crippen LogP contribution >= 0.6 is 23.7 Å². The molecule has 10 heteroatoms. The molecule has 3 rings (SSSR count). The number of rotatable bonds is 9. The standard InChI is InChI=1S/C22H25F2N3O3S.ClH/c1-5-29-17-8-7-14(11-18(17)30-6-2)21(28)27(10-9-26(3)4)22-25-20-16(24)12-15(23)13-19(20)31-22;/h7-8,11-13H,5-6,9-10H2,1-4H3;1H. The first kappa shape index (κ1) is 25.8. The normalized spacial score (nSPS) is 10.8. The van der Waals surface area contributed by atoms with Gasteiger partial charge in [0.1, 0.15) is 11.3 Å². The molecule has 0 bridgehead atoms. The zero-order valence-corrected chi connectivity index (χ0v) is 20.0. The minimum Gasteiger partial charge on any atom is -0.490 e. The van der Waals surface area contributed by atoms with Gasteiger partial charge in [-0.05, 0) is 52.2 Å². The lowest BCUT2D eigenvalue weighted by Crippen LogP contribution is -2.36. The van der Waals surface area contributed by atoms with E-state index in [2.05, 4.69) is 4.98 Å². The van der Waals surface area contributed by atoms with Crippen LogP contribution in [0.3, 0.4) is 0 Å². The third-order valence-electron chi connectivity index (χ3n) is 4.44. The van der Waals surface area contributed by atoms with Gasteiger partial charge in [0, 0.05) is 24.7 Å². The highest BCUT2D eigenvalue weighted by molar-refractivity contribution is 7.22. The summed E-state index contributed by atoms with van der Waals surface area (Å²) < 4.78 is 39.4. The summed E-state index contributed by atoms with van der Waals surface area (Å²) in [6, 6.07) is 7.00. The van der Waals surface area contributed by atoms with Gasteiger partial charge in [-0.15, -0.1) is 12.4 Å². The number of nitrogens with zero attached hydrogens (tertiary/aromatic N) is 3. The molecule has 0 aliphatic rings. The van der Waals surface area contributed by atoms with Crippen LogP contribution in [-0.4, -0.2) is 56.2 Å². The zero-order valence-electron chi connectivity index (χ0n) is 18.4. The zero-order chi connectivity index (χ0) is 22.5. The summed E-state index contributed by atoms with van der Waals surface area (Å²) in [5.41, 5.74) is 0.433. The van der Waals surface area contributed by atoms with Gasteiger partial charge in [0.05, 0.1) is 17.9 Å². The van der Waals surface area contributed by atoms with E-state index in [1.807, 2.05) is 32.8 Å². The molecular formula is C22H26ClF2N3O3S. The first-order valence-corrected chi connectivity index (χ1v) is 10.8. The molecule has 0 spiro atoms. The Kier molecular flexibility index (Phi) is 9.18. The molecule has 0 saturated heterocycles. The predicted octanol–water partition coefficient (Wildman–Crippen LogP) is 5.00. The Morgan fingerprint density at radius 1 is 1.03 bits per heavy atom. The molecule has 174 valence electrons. The predicted molar refractivity (Wildman–Crippen MR) is 126 cm³/mol. The quantitative estimate of drug-likeness (QED) is 0.427. The van der Waals surface area contributed by atoms with E-state index in [9.17, 15) is 13.6 Å². The first-order valence-electron chi connectivity index (χ1n) is 9.95. The minimum atomic E-state index is -0.753. The lowest BCUT2D eigenvalue weighted by atomic mass is 10.1.